The highest BCUT2D eigenvalue weighted by Gasteiger charge is 2.17. The Bertz CT molecular complexity index is 976. The van der Waals surface area contributed by atoms with E-state index in [1.165, 1.54) is 11.5 Å². The summed E-state index contributed by atoms with van der Waals surface area (Å²) in [5, 5.41) is 9.55. The van der Waals surface area contributed by atoms with Gasteiger partial charge in [-0.1, -0.05) is 22.7 Å². The lowest BCUT2D eigenvalue weighted by molar-refractivity contribution is 1.05. The number of allylic oxidation sites excluding steroid dienone is 1. The molecule has 0 spiro atoms. The fourth-order valence-electron chi connectivity index (χ4n) is 2.45. The Hall–Kier alpha value is -2.80. The first-order chi connectivity index (χ1) is 10.7. The molecule has 6 nitrogen and oxygen atoms in total. The molecule has 3 heterocycles. The van der Waals surface area contributed by atoms with E-state index in [9.17, 15) is 4.79 Å². The Kier molecular flexibility index (Phi) is 2.87. The first-order valence-corrected chi connectivity index (χ1v) is 7.46. The molecule has 0 fully saturated rings. The predicted molar refractivity (Wildman–Crippen MR) is 87.5 cm³/mol. The van der Waals surface area contributed by atoms with Crippen molar-refractivity contribution in [3.63, 3.8) is 0 Å². The van der Waals surface area contributed by atoms with Crippen LogP contribution in [0.4, 0.5) is 5.69 Å². The number of benzene rings is 1. The van der Waals surface area contributed by atoms with Crippen LogP contribution in [0.1, 0.15) is 16.8 Å². The van der Waals surface area contributed by atoms with Crippen LogP contribution in [0, 0.1) is 6.92 Å². The molecule has 3 aromatic rings. The van der Waals surface area contributed by atoms with Gasteiger partial charge in [0, 0.05) is 17.4 Å². The van der Waals surface area contributed by atoms with E-state index in [2.05, 4.69) is 24.8 Å². The van der Waals surface area contributed by atoms with E-state index in [1.807, 2.05) is 37.3 Å². The number of fused-ring (bicyclic) bond motifs is 1. The minimum Gasteiger partial charge on any atom is -0.296 e. The molecule has 0 bridgehead atoms. The summed E-state index contributed by atoms with van der Waals surface area (Å²) in [6, 6.07) is 7.85. The van der Waals surface area contributed by atoms with Crippen molar-refractivity contribution in [2.24, 2.45) is 4.99 Å². The van der Waals surface area contributed by atoms with Gasteiger partial charge in [0.25, 0.3) is 5.56 Å². The Balaban J connectivity index is 1.88. The van der Waals surface area contributed by atoms with Gasteiger partial charge >= 0.3 is 0 Å². The molecular weight excluding hydrogens is 298 g/mol. The van der Waals surface area contributed by atoms with Crippen LogP contribution in [0.2, 0.25) is 0 Å². The summed E-state index contributed by atoms with van der Waals surface area (Å²) in [7, 11) is 0. The fraction of sp³-hybridized carbons (Fsp3) is 0.0667. The summed E-state index contributed by atoms with van der Waals surface area (Å²) in [6.45, 7) is 1.87. The molecule has 2 aromatic heterocycles. The van der Waals surface area contributed by atoms with Crippen molar-refractivity contribution in [1.29, 1.82) is 0 Å². The summed E-state index contributed by atoms with van der Waals surface area (Å²) in [5.41, 5.74) is 4.74. The smallest absolute Gasteiger partial charge is 0.271 e. The number of aryl methyl sites for hydroxylation is 1. The van der Waals surface area contributed by atoms with E-state index >= 15 is 0 Å². The molecule has 4 rings (SSSR count). The number of nitrogens with one attached hydrogen (secondary N) is 2. The monoisotopic (exact) mass is 309 g/mol. The third-order valence-electron chi connectivity index (χ3n) is 3.55. The van der Waals surface area contributed by atoms with Gasteiger partial charge in [-0.3, -0.25) is 20.0 Å². The minimum absolute atomic E-state index is 0.173. The molecule has 1 aliphatic rings. The first-order valence-electron chi connectivity index (χ1n) is 6.69. The Morgan fingerprint density at radius 1 is 1.23 bits per heavy atom. The maximum Gasteiger partial charge on any atom is 0.271 e. The zero-order valence-electron chi connectivity index (χ0n) is 11.6. The summed E-state index contributed by atoms with van der Waals surface area (Å²) in [6.07, 6.45) is 3.62. The molecular formula is C15H11N5OS. The molecule has 0 atom stereocenters. The number of H-pyrrole nitrogens is 2. The largest absolute Gasteiger partial charge is 0.296 e. The quantitative estimate of drug-likeness (QED) is 0.763. The molecule has 1 aliphatic heterocycles. The number of aromatic nitrogens is 4. The van der Waals surface area contributed by atoms with Gasteiger partial charge in [-0.2, -0.15) is 0 Å². The van der Waals surface area contributed by atoms with E-state index in [0.29, 0.717) is 11.3 Å². The van der Waals surface area contributed by atoms with E-state index < -0.39 is 0 Å². The lowest BCUT2D eigenvalue weighted by Gasteiger charge is -1.99. The van der Waals surface area contributed by atoms with Crippen LogP contribution in [-0.4, -0.2) is 26.0 Å². The van der Waals surface area contributed by atoms with Crippen molar-refractivity contribution in [2.45, 2.75) is 6.92 Å². The number of nitrogens with zero attached hydrogens (tertiary/aromatic N) is 3. The van der Waals surface area contributed by atoms with Crippen LogP contribution in [0.5, 0.6) is 0 Å². The van der Waals surface area contributed by atoms with Crippen molar-refractivity contribution in [3.05, 3.63) is 51.4 Å². The topological polar surface area (TPSA) is 86.8 Å². The highest BCUT2D eigenvalue weighted by molar-refractivity contribution is 7.09. The second-order valence-corrected chi connectivity index (χ2v) is 5.68. The molecule has 2 N–H and O–H groups in total. The Morgan fingerprint density at radius 2 is 2.09 bits per heavy atom. The molecule has 1 aromatic carbocycles. The summed E-state index contributed by atoms with van der Waals surface area (Å²) in [5.74, 6) is 0. The van der Waals surface area contributed by atoms with Gasteiger partial charge in [0.15, 0.2) is 0 Å². The standard InChI is InChI=1S/C15H11N5OS/c1-8-14(22-20-17-8)13-11(15(21)19-18-13)6-9-7-16-12-5-3-2-4-10(9)12/h2-7H,1H3,(H2,18,19,21)/b9-6+. The van der Waals surface area contributed by atoms with Crippen LogP contribution in [0.3, 0.4) is 0 Å². The zero-order valence-corrected chi connectivity index (χ0v) is 12.4. The molecule has 0 amide bonds. The van der Waals surface area contributed by atoms with Crippen LogP contribution in [0.15, 0.2) is 34.1 Å². The van der Waals surface area contributed by atoms with E-state index in [4.69, 9.17) is 0 Å². The first kappa shape index (κ1) is 12.9. The maximum absolute atomic E-state index is 12.1. The molecule has 0 radical (unpaired) electrons. The number of rotatable bonds is 2. The molecule has 22 heavy (non-hydrogen) atoms. The average molecular weight is 309 g/mol. The summed E-state index contributed by atoms with van der Waals surface area (Å²) in [4.78, 5) is 17.4. The predicted octanol–water partition coefficient (Wildman–Crippen LogP) is 2.79. The van der Waals surface area contributed by atoms with Gasteiger partial charge in [-0.25, -0.2) is 0 Å². The Labute approximate surface area is 129 Å². The van der Waals surface area contributed by atoms with Gasteiger partial charge in [-0.05, 0) is 30.6 Å². The van der Waals surface area contributed by atoms with Crippen molar-refractivity contribution in [2.75, 3.05) is 0 Å². The molecule has 0 saturated carbocycles. The third-order valence-corrected chi connectivity index (χ3v) is 4.40. The lowest BCUT2D eigenvalue weighted by atomic mass is 10.0. The molecule has 7 heteroatoms. The summed E-state index contributed by atoms with van der Waals surface area (Å²) >= 11 is 1.26. The van der Waals surface area contributed by atoms with Crippen molar-refractivity contribution < 1.29 is 0 Å². The van der Waals surface area contributed by atoms with Crippen molar-refractivity contribution in [3.8, 4) is 10.6 Å². The van der Waals surface area contributed by atoms with Gasteiger partial charge in [-0.15, -0.1) is 5.10 Å². The zero-order chi connectivity index (χ0) is 15.1. The van der Waals surface area contributed by atoms with Crippen LogP contribution in [0.25, 0.3) is 22.2 Å². The number of aromatic amines is 2. The number of hydrogen-bond donors (Lipinski definition) is 2. The van der Waals surface area contributed by atoms with Crippen molar-refractivity contribution >= 4 is 35.1 Å². The third kappa shape index (κ3) is 1.94. The van der Waals surface area contributed by atoms with Gasteiger partial charge in [0.05, 0.1) is 27.5 Å². The van der Waals surface area contributed by atoms with Gasteiger partial charge in [0.1, 0.15) is 0 Å². The second kappa shape index (κ2) is 4.88. The van der Waals surface area contributed by atoms with E-state index in [1.54, 1.807) is 6.21 Å². The molecule has 108 valence electrons. The number of aliphatic imine (C=N–C) groups is 1. The van der Waals surface area contributed by atoms with Crippen LogP contribution in [-0.2, 0) is 0 Å². The maximum atomic E-state index is 12.1. The highest BCUT2D eigenvalue weighted by Crippen LogP contribution is 2.33. The SMILES string of the molecule is Cc1nnsc1-c1[nH][nH]c(=O)c1/C=C1\C=Nc2ccccc21. The number of hydrogen-bond acceptors (Lipinski definition) is 5. The normalized spacial score (nSPS) is 14.7. The lowest BCUT2D eigenvalue weighted by Crippen LogP contribution is -2.02. The fourth-order valence-corrected chi connectivity index (χ4v) is 3.12. The minimum atomic E-state index is -0.173. The number of para-hydroxylation sites is 1. The second-order valence-electron chi connectivity index (χ2n) is 4.93. The van der Waals surface area contributed by atoms with Crippen LogP contribution >= 0.6 is 11.5 Å². The van der Waals surface area contributed by atoms with Crippen LogP contribution < -0.4 is 5.56 Å². The molecule has 0 unspecified atom stereocenters. The molecule has 0 saturated heterocycles. The Morgan fingerprint density at radius 3 is 2.91 bits per heavy atom. The van der Waals surface area contributed by atoms with Gasteiger partial charge < -0.3 is 0 Å². The van der Waals surface area contributed by atoms with Gasteiger partial charge in [0.2, 0.25) is 0 Å². The molecule has 0 aliphatic carbocycles. The summed E-state index contributed by atoms with van der Waals surface area (Å²) < 4.78 is 3.92. The van der Waals surface area contributed by atoms with E-state index in [0.717, 1.165) is 27.4 Å². The van der Waals surface area contributed by atoms with Crippen molar-refractivity contribution in [1.82, 2.24) is 19.8 Å². The average Bonchev–Trinajstić information content (AvgIpc) is 3.21. The highest BCUT2D eigenvalue weighted by atomic mass is 32.1. The van der Waals surface area contributed by atoms with E-state index in [-0.39, 0.29) is 5.56 Å².